The molecule has 3 nitrogen and oxygen atoms in total. The van der Waals surface area contributed by atoms with Crippen molar-refractivity contribution in [2.24, 2.45) is 5.41 Å². The molecule has 5 heteroatoms. The molecule has 2 aromatic rings. The Labute approximate surface area is 130 Å². The van der Waals surface area contributed by atoms with E-state index >= 15 is 0 Å². The van der Waals surface area contributed by atoms with Crippen LogP contribution in [0.15, 0.2) is 28.1 Å². The van der Waals surface area contributed by atoms with Crippen LogP contribution in [0.1, 0.15) is 38.4 Å². The predicted octanol–water partition coefficient (Wildman–Crippen LogP) is 4.59. The summed E-state index contributed by atoms with van der Waals surface area (Å²) in [4.78, 5) is 10.9. The van der Waals surface area contributed by atoms with Gasteiger partial charge in [-0.3, -0.25) is 4.79 Å². The number of fused-ring (bicyclic) bond motifs is 1. The lowest BCUT2D eigenvalue weighted by molar-refractivity contribution is -0.139. The van der Waals surface area contributed by atoms with Gasteiger partial charge in [-0.05, 0) is 50.2 Å². The Bertz CT molecular complexity index is 633. The summed E-state index contributed by atoms with van der Waals surface area (Å²) in [5.41, 5.74) is 0.440. The molecule has 108 valence electrons. The highest BCUT2D eigenvalue weighted by Gasteiger charge is 2.27. The number of carbonyl (C=O) groups is 1. The molecule has 20 heavy (non-hydrogen) atoms. The lowest BCUT2D eigenvalue weighted by Gasteiger charge is -2.25. The Hall–Kier alpha value is -0.910. The number of rotatable bonds is 5. The standard InChI is InChI=1S/C15H17BrO3S/c1-15(2,7-13(18)19)6-12(17)10-8-20-14-9(10)4-3-5-11(14)16/h3-5,8,12,17H,6-7H2,1-2H3,(H,18,19). The molecular formula is C15H17BrO3S. The van der Waals surface area contributed by atoms with Crippen molar-refractivity contribution in [2.45, 2.75) is 32.8 Å². The van der Waals surface area contributed by atoms with Crippen molar-refractivity contribution in [2.75, 3.05) is 0 Å². The van der Waals surface area contributed by atoms with Crippen molar-refractivity contribution >= 4 is 43.3 Å². The summed E-state index contributed by atoms with van der Waals surface area (Å²) in [5, 5.41) is 22.3. The van der Waals surface area contributed by atoms with Crippen LogP contribution in [0.5, 0.6) is 0 Å². The van der Waals surface area contributed by atoms with E-state index in [9.17, 15) is 9.90 Å². The average Bonchev–Trinajstić information content (AvgIpc) is 2.71. The maximum Gasteiger partial charge on any atom is 0.303 e. The first-order chi connectivity index (χ1) is 9.30. The topological polar surface area (TPSA) is 57.5 Å². The van der Waals surface area contributed by atoms with Crippen molar-refractivity contribution in [3.8, 4) is 0 Å². The van der Waals surface area contributed by atoms with Gasteiger partial charge < -0.3 is 10.2 Å². The summed E-state index contributed by atoms with van der Waals surface area (Å²) in [7, 11) is 0. The van der Waals surface area contributed by atoms with Crippen LogP contribution in [-0.2, 0) is 4.79 Å². The third kappa shape index (κ3) is 3.40. The van der Waals surface area contributed by atoms with Crippen LogP contribution in [0, 0.1) is 5.41 Å². The smallest absolute Gasteiger partial charge is 0.303 e. The molecule has 1 aromatic heterocycles. The monoisotopic (exact) mass is 356 g/mol. The first kappa shape index (κ1) is 15.5. The fraction of sp³-hybridized carbons (Fsp3) is 0.400. The molecule has 1 unspecified atom stereocenters. The Balaban J connectivity index is 2.26. The van der Waals surface area contributed by atoms with E-state index in [2.05, 4.69) is 15.9 Å². The van der Waals surface area contributed by atoms with Crippen LogP contribution in [-0.4, -0.2) is 16.2 Å². The molecule has 0 aliphatic rings. The molecule has 0 saturated heterocycles. The molecule has 0 spiro atoms. The molecule has 1 atom stereocenters. The van der Waals surface area contributed by atoms with Crippen molar-refractivity contribution in [3.63, 3.8) is 0 Å². The number of aliphatic carboxylic acids is 1. The van der Waals surface area contributed by atoms with Crippen LogP contribution < -0.4 is 0 Å². The van der Waals surface area contributed by atoms with Crippen LogP contribution >= 0.6 is 27.3 Å². The van der Waals surface area contributed by atoms with Gasteiger partial charge in [0.05, 0.1) is 12.5 Å². The molecule has 0 amide bonds. The Morgan fingerprint density at radius 1 is 1.45 bits per heavy atom. The first-order valence-corrected chi connectivity index (χ1v) is 8.03. The van der Waals surface area contributed by atoms with E-state index in [0.717, 1.165) is 20.1 Å². The molecule has 0 bridgehead atoms. The van der Waals surface area contributed by atoms with E-state index < -0.39 is 17.5 Å². The number of halogens is 1. The number of aliphatic hydroxyl groups excluding tert-OH is 1. The van der Waals surface area contributed by atoms with E-state index in [1.54, 1.807) is 11.3 Å². The Morgan fingerprint density at radius 3 is 2.80 bits per heavy atom. The van der Waals surface area contributed by atoms with E-state index in [1.165, 1.54) is 0 Å². The molecule has 1 aromatic carbocycles. The molecule has 0 fully saturated rings. The molecule has 1 heterocycles. The van der Waals surface area contributed by atoms with Gasteiger partial charge in [-0.2, -0.15) is 0 Å². The van der Waals surface area contributed by atoms with Crippen molar-refractivity contribution < 1.29 is 15.0 Å². The summed E-state index contributed by atoms with van der Waals surface area (Å²) >= 11 is 5.09. The highest BCUT2D eigenvalue weighted by Crippen LogP contribution is 2.39. The van der Waals surface area contributed by atoms with Gasteiger partial charge in [0.15, 0.2) is 0 Å². The van der Waals surface area contributed by atoms with Crippen molar-refractivity contribution in [1.82, 2.24) is 0 Å². The third-order valence-corrected chi connectivity index (χ3v) is 5.29. The first-order valence-electron chi connectivity index (χ1n) is 6.36. The zero-order valence-corrected chi connectivity index (χ0v) is 13.8. The molecular weight excluding hydrogens is 340 g/mol. The second kappa shape index (κ2) is 5.84. The maximum absolute atomic E-state index is 10.9. The quantitative estimate of drug-likeness (QED) is 0.823. The Morgan fingerprint density at radius 2 is 2.15 bits per heavy atom. The highest BCUT2D eigenvalue weighted by atomic mass is 79.9. The summed E-state index contributed by atoms with van der Waals surface area (Å²) < 4.78 is 2.13. The van der Waals surface area contributed by atoms with Gasteiger partial charge in [-0.25, -0.2) is 0 Å². The number of aliphatic hydroxyl groups is 1. The van der Waals surface area contributed by atoms with Gasteiger partial charge >= 0.3 is 5.97 Å². The largest absolute Gasteiger partial charge is 0.481 e. The minimum atomic E-state index is -0.833. The van der Waals surface area contributed by atoms with Gasteiger partial charge in [-0.1, -0.05) is 26.0 Å². The zero-order chi connectivity index (χ0) is 14.9. The van der Waals surface area contributed by atoms with Gasteiger partial charge in [0.1, 0.15) is 0 Å². The van der Waals surface area contributed by atoms with E-state index in [-0.39, 0.29) is 6.42 Å². The SMILES string of the molecule is CC(C)(CC(=O)O)CC(O)c1csc2c(Br)cccc12. The van der Waals surface area contributed by atoms with E-state index in [0.29, 0.717) is 6.42 Å². The number of hydrogen-bond acceptors (Lipinski definition) is 3. The normalized spacial score (nSPS) is 13.6. The summed E-state index contributed by atoms with van der Waals surface area (Å²) in [6, 6.07) is 5.90. The molecule has 0 radical (unpaired) electrons. The Kier molecular flexibility index (Phi) is 4.52. The number of carboxylic acid groups (broad SMARTS) is 1. The summed E-state index contributed by atoms with van der Waals surface area (Å²) in [5.74, 6) is -0.833. The lowest BCUT2D eigenvalue weighted by Crippen LogP contribution is -2.20. The van der Waals surface area contributed by atoms with Crippen LogP contribution in [0.2, 0.25) is 0 Å². The van der Waals surface area contributed by atoms with Crippen LogP contribution in [0.25, 0.3) is 10.1 Å². The predicted molar refractivity (Wildman–Crippen MR) is 85.1 cm³/mol. The zero-order valence-electron chi connectivity index (χ0n) is 11.4. The lowest BCUT2D eigenvalue weighted by atomic mass is 9.82. The number of carboxylic acids is 1. The number of thiophene rings is 1. The third-order valence-electron chi connectivity index (χ3n) is 3.32. The second-order valence-electron chi connectivity index (χ2n) is 5.76. The van der Waals surface area contributed by atoms with Crippen LogP contribution in [0.3, 0.4) is 0 Å². The van der Waals surface area contributed by atoms with Crippen molar-refractivity contribution in [1.29, 1.82) is 0 Å². The maximum atomic E-state index is 10.9. The van der Waals surface area contributed by atoms with Gasteiger partial charge in [0.25, 0.3) is 0 Å². The molecule has 0 aliphatic carbocycles. The fourth-order valence-corrected chi connectivity index (χ4v) is 4.08. The molecule has 0 saturated carbocycles. The van der Waals surface area contributed by atoms with Crippen LogP contribution in [0.4, 0.5) is 0 Å². The van der Waals surface area contributed by atoms with Gasteiger partial charge in [0.2, 0.25) is 0 Å². The highest BCUT2D eigenvalue weighted by molar-refractivity contribution is 9.10. The fourth-order valence-electron chi connectivity index (χ4n) is 2.41. The average molecular weight is 357 g/mol. The van der Waals surface area contributed by atoms with Gasteiger partial charge in [-0.15, -0.1) is 11.3 Å². The van der Waals surface area contributed by atoms with E-state index in [1.807, 2.05) is 37.4 Å². The summed E-state index contributed by atoms with van der Waals surface area (Å²) in [6.07, 6.45) is -0.166. The van der Waals surface area contributed by atoms with Gasteiger partial charge in [0, 0.05) is 9.17 Å². The van der Waals surface area contributed by atoms with Crippen molar-refractivity contribution in [3.05, 3.63) is 33.6 Å². The number of hydrogen-bond donors (Lipinski definition) is 2. The molecule has 2 N–H and O–H groups in total. The minimum absolute atomic E-state index is 0.0514. The second-order valence-corrected chi connectivity index (χ2v) is 7.50. The molecule has 2 rings (SSSR count). The minimum Gasteiger partial charge on any atom is -0.481 e. The number of benzene rings is 1. The summed E-state index contributed by atoms with van der Waals surface area (Å²) in [6.45, 7) is 3.74. The van der Waals surface area contributed by atoms with E-state index in [4.69, 9.17) is 5.11 Å². The molecule has 0 aliphatic heterocycles.